The minimum Gasteiger partial charge on any atom is -0.378 e. The average molecular weight is 322 g/mol. The molecule has 2 rings (SSSR count). The van der Waals surface area contributed by atoms with Crippen molar-refractivity contribution in [3.63, 3.8) is 0 Å². The second kappa shape index (κ2) is 6.30. The van der Waals surface area contributed by atoms with Gasteiger partial charge in [0.2, 0.25) is 0 Å². The number of anilines is 1. The molecule has 0 fully saturated rings. The lowest BCUT2D eigenvalue weighted by Gasteiger charge is -2.16. The van der Waals surface area contributed by atoms with Gasteiger partial charge in [0.05, 0.1) is 0 Å². The lowest BCUT2D eigenvalue weighted by atomic mass is 10.1. The standard InChI is InChI=1S/C15H16BrNS/c1-11(12-5-3-6-13(16)9-12)17-14-7-4-8-15(10-14)18-2/h3-11,17H,1-2H3. The average Bonchev–Trinajstić information content (AvgIpc) is 2.39. The number of nitrogens with one attached hydrogen (secondary N) is 1. The number of hydrogen-bond acceptors (Lipinski definition) is 2. The van der Waals surface area contributed by atoms with Crippen molar-refractivity contribution >= 4 is 33.4 Å². The Bertz CT molecular complexity index is 527. The highest BCUT2D eigenvalue weighted by molar-refractivity contribution is 9.10. The zero-order valence-electron chi connectivity index (χ0n) is 10.5. The second-order valence-electron chi connectivity index (χ2n) is 4.15. The lowest BCUT2D eigenvalue weighted by Crippen LogP contribution is -2.06. The normalized spacial score (nSPS) is 12.2. The number of thioether (sulfide) groups is 1. The third kappa shape index (κ3) is 3.53. The molecule has 0 saturated heterocycles. The van der Waals surface area contributed by atoms with Crippen LogP contribution in [0.4, 0.5) is 5.69 Å². The van der Waals surface area contributed by atoms with E-state index in [0.717, 1.165) is 10.2 Å². The third-order valence-corrected chi connectivity index (χ3v) is 4.02. The molecular weight excluding hydrogens is 306 g/mol. The molecule has 1 nitrogen and oxygen atoms in total. The Morgan fingerprint density at radius 2 is 1.89 bits per heavy atom. The van der Waals surface area contributed by atoms with E-state index in [0.29, 0.717) is 6.04 Å². The van der Waals surface area contributed by atoms with Crippen LogP contribution in [0, 0.1) is 0 Å². The van der Waals surface area contributed by atoms with E-state index in [1.165, 1.54) is 10.5 Å². The summed E-state index contributed by atoms with van der Waals surface area (Å²) in [5.74, 6) is 0. The molecule has 0 radical (unpaired) electrons. The van der Waals surface area contributed by atoms with Crippen LogP contribution in [0.25, 0.3) is 0 Å². The summed E-state index contributed by atoms with van der Waals surface area (Å²) in [5.41, 5.74) is 2.44. The van der Waals surface area contributed by atoms with Gasteiger partial charge in [-0.15, -0.1) is 11.8 Å². The van der Waals surface area contributed by atoms with E-state index in [-0.39, 0.29) is 0 Å². The first-order chi connectivity index (χ1) is 8.69. The highest BCUT2D eigenvalue weighted by Crippen LogP contribution is 2.24. The Morgan fingerprint density at radius 3 is 2.61 bits per heavy atom. The maximum atomic E-state index is 3.53. The maximum Gasteiger partial charge on any atom is 0.0486 e. The minimum absolute atomic E-state index is 0.291. The summed E-state index contributed by atoms with van der Waals surface area (Å²) >= 11 is 5.27. The fourth-order valence-electron chi connectivity index (χ4n) is 1.82. The summed E-state index contributed by atoms with van der Waals surface area (Å²) in [6, 6.07) is 17.2. The van der Waals surface area contributed by atoms with Crippen LogP contribution in [0.15, 0.2) is 57.9 Å². The largest absolute Gasteiger partial charge is 0.378 e. The van der Waals surface area contributed by atoms with Crippen LogP contribution in [0.2, 0.25) is 0 Å². The molecular formula is C15H16BrNS. The molecule has 0 aliphatic carbocycles. The van der Waals surface area contributed by atoms with Gasteiger partial charge in [-0.05, 0) is 49.1 Å². The van der Waals surface area contributed by atoms with Crippen molar-refractivity contribution in [2.45, 2.75) is 17.9 Å². The quantitative estimate of drug-likeness (QED) is 0.762. The highest BCUT2D eigenvalue weighted by atomic mass is 79.9. The third-order valence-electron chi connectivity index (χ3n) is 2.80. The van der Waals surface area contributed by atoms with Gasteiger partial charge in [-0.25, -0.2) is 0 Å². The lowest BCUT2D eigenvalue weighted by molar-refractivity contribution is 0.883. The molecule has 0 saturated carbocycles. The van der Waals surface area contributed by atoms with Gasteiger partial charge in [0.1, 0.15) is 0 Å². The zero-order valence-corrected chi connectivity index (χ0v) is 12.9. The van der Waals surface area contributed by atoms with Gasteiger partial charge in [-0.1, -0.05) is 34.1 Å². The van der Waals surface area contributed by atoms with Gasteiger partial charge in [-0.2, -0.15) is 0 Å². The van der Waals surface area contributed by atoms with Crippen LogP contribution >= 0.6 is 27.7 Å². The number of rotatable bonds is 4. The van der Waals surface area contributed by atoms with Gasteiger partial charge in [0.15, 0.2) is 0 Å². The molecule has 0 bridgehead atoms. The van der Waals surface area contributed by atoms with Crippen molar-refractivity contribution in [3.05, 3.63) is 58.6 Å². The van der Waals surface area contributed by atoms with Crippen molar-refractivity contribution in [3.8, 4) is 0 Å². The van der Waals surface area contributed by atoms with Crippen molar-refractivity contribution in [1.29, 1.82) is 0 Å². The Morgan fingerprint density at radius 1 is 1.11 bits per heavy atom. The molecule has 18 heavy (non-hydrogen) atoms. The highest BCUT2D eigenvalue weighted by Gasteiger charge is 2.05. The summed E-state index contributed by atoms with van der Waals surface area (Å²) in [4.78, 5) is 1.28. The van der Waals surface area contributed by atoms with E-state index >= 15 is 0 Å². The SMILES string of the molecule is CSc1cccc(NC(C)c2cccc(Br)c2)c1. The van der Waals surface area contributed by atoms with Crippen molar-refractivity contribution in [2.75, 3.05) is 11.6 Å². The molecule has 1 atom stereocenters. The molecule has 0 heterocycles. The van der Waals surface area contributed by atoms with E-state index < -0.39 is 0 Å². The summed E-state index contributed by atoms with van der Waals surface area (Å²) < 4.78 is 1.12. The van der Waals surface area contributed by atoms with Gasteiger partial charge in [0.25, 0.3) is 0 Å². The van der Waals surface area contributed by atoms with Crippen LogP contribution in [0.5, 0.6) is 0 Å². The van der Waals surface area contributed by atoms with Crippen LogP contribution in [-0.4, -0.2) is 6.26 Å². The summed E-state index contributed by atoms with van der Waals surface area (Å²) in [5, 5.41) is 3.53. The zero-order chi connectivity index (χ0) is 13.0. The molecule has 0 aliphatic rings. The minimum atomic E-state index is 0.291. The van der Waals surface area contributed by atoms with Crippen LogP contribution in [0.3, 0.4) is 0 Å². The molecule has 3 heteroatoms. The maximum absolute atomic E-state index is 3.53. The Kier molecular flexibility index (Phi) is 4.72. The fraction of sp³-hybridized carbons (Fsp3) is 0.200. The van der Waals surface area contributed by atoms with Crippen LogP contribution in [0.1, 0.15) is 18.5 Å². The molecule has 0 aliphatic heterocycles. The molecule has 94 valence electrons. The fourth-order valence-corrected chi connectivity index (χ4v) is 2.70. The van der Waals surface area contributed by atoms with Gasteiger partial charge in [0, 0.05) is 21.1 Å². The number of benzene rings is 2. The number of halogens is 1. The van der Waals surface area contributed by atoms with E-state index in [2.05, 4.69) is 76.9 Å². The Balaban J connectivity index is 2.13. The second-order valence-corrected chi connectivity index (χ2v) is 5.95. The molecule has 0 spiro atoms. The van der Waals surface area contributed by atoms with Crippen LogP contribution in [-0.2, 0) is 0 Å². The summed E-state index contributed by atoms with van der Waals surface area (Å²) in [7, 11) is 0. The molecule has 2 aromatic carbocycles. The molecule has 0 amide bonds. The van der Waals surface area contributed by atoms with Gasteiger partial charge < -0.3 is 5.32 Å². The first-order valence-electron chi connectivity index (χ1n) is 5.85. The summed E-state index contributed by atoms with van der Waals surface area (Å²) in [6.45, 7) is 2.17. The first-order valence-corrected chi connectivity index (χ1v) is 7.87. The van der Waals surface area contributed by atoms with E-state index in [1.54, 1.807) is 11.8 Å². The van der Waals surface area contributed by atoms with Crippen molar-refractivity contribution in [1.82, 2.24) is 0 Å². The van der Waals surface area contributed by atoms with Gasteiger partial charge in [-0.3, -0.25) is 0 Å². The van der Waals surface area contributed by atoms with E-state index in [1.807, 2.05) is 6.07 Å². The van der Waals surface area contributed by atoms with Crippen molar-refractivity contribution in [2.24, 2.45) is 0 Å². The van der Waals surface area contributed by atoms with Gasteiger partial charge >= 0.3 is 0 Å². The molecule has 1 unspecified atom stereocenters. The predicted octanol–water partition coefficient (Wildman–Crippen LogP) is 5.34. The molecule has 2 aromatic rings. The first kappa shape index (κ1) is 13.5. The molecule has 0 aromatic heterocycles. The van der Waals surface area contributed by atoms with E-state index in [4.69, 9.17) is 0 Å². The Hall–Kier alpha value is -0.930. The predicted molar refractivity (Wildman–Crippen MR) is 84.4 cm³/mol. The van der Waals surface area contributed by atoms with E-state index in [9.17, 15) is 0 Å². The Labute approximate surface area is 121 Å². The molecule has 1 N–H and O–H groups in total. The number of hydrogen-bond donors (Lipinski definition) is 1. The van der Waals surface area contributed by atoms with Crippen molar-refractivity contribution < 1.29 is 0 Å². The smallest absolute Gasteiger partial charge is 0.0486 e. The topological polar surface area (TPSA) is 12.0 Å². The summed E-state index contributed by atoms with van der Waals surface area (Å²) in [6.07, 6.45) is 2.09. The van der Waals surface area contributed by atoms with Crippen LogP contribution < -0.4 is 5.32 Å². The monoisotopic (exact) mass is 321 g/mol.